The van der Waals surface area contributed by atoms with Crippen LogP contribution in [0.2, 0.25) is 0 Å². The molecular formula is C12H14FNO2. The molecule has 0 saturated heterocycles. The SMILES string of the molecule is CC.COc1cc2cc[nH]c(=O)c2cc1F. The van der Waals surface area contributed by atoms with Gasteiger partial charge < -0.3 is 9.72 Å². The number of pyridine rings is 1. The molecule has 0 aliphatic heterocycles. The van der Waals surface area contributed by atoms with Crippen molar-refractivity contribution in [3.8, 4) is 5.75 Å². The molecular weight excluding hydrogens is 209 g/mol. The van der Waals surface area contributed by atoms with Crippen LogP contribution in [0.15, 0.2) is 29.2 Å². The summed E-state index contributed by atoms with van der Waals surface area (Å²) in [6, 6.07) is 4.37. The number of benzene rings is 1. The van der Waals surface area contributed by atoms with E-state index in [1.54, 1.807) is 6.07 Å². The number of fused-ring (bicyclic) bond motifs is 1. The molecule has 0 aliphatic rings. The zero-order valence-corrected chi connectivity index (χ0v) is 9.50. The van der Waals surface area contributed by atoms with Crippen LogP contribution in [0, 0.1) is 5.82 Å². The van der Waals surface area contributed by atoms with Crippen molar-refractivity contribution >= 4 is 10.8 Å². The number of hydrogen-bond donors (Lipinski definition) is 1. The molecule has 1 aromatic heterocycles. The van der Waals surface area contributed by atoms with E-state index in [9.17, 15) is 9.18 Å². The average molecular weight is 223 g/mol. The molecule has 3 nitrogen and oxygen atoms in total. The van der Waals surface area contributed by atoms with Gasteiger partial charge in [-0.1, -0.05) is 13.8 Å². The number of methoxy groups -OCH3 is 1. The Morgan fingerprint density at radius 1 is 1.31 bits per heavy atom. The first-order valence-corrected chi connectivity index (χ1v) is 5.07. The first-order valence-electron chi connectivity index (χ1n) is 5.07. The van der Waals surface area contributed by atoms with Crippen molar-refractivity contribution < 1.29 is 9.13 Å². The van der Waals surface area contributed by atoms with Crippen LogP contribution in [0.5, 0.6) is 5.75 Å². The molecule has 4 heteroatoms. The van der Waals surface area contributed by atoms with E-state index in [1.165, 1.54) is 25.4 Å². The summed E-state index contributed by atoms with van der Waals surface area (Å²) in [6.45, 7) is 4.00. The van der Waals surface area contributed by atoms with Crippen LogP contribution in [-0.4, -0.2) is 12.1 Å². The van der Waals surface area contributed by atoms with Gasteiger partial charge in [0.1, 0.15) is 0 Å². The number of rotatable bonds is 1. The summed E-state index contributed by atoms with van der Waals surface area (Å²) < 4.78 is 18.0. The number of aromatic amines is 1. The molecule has 2 rings (SSSR count). The van der Waals surface area contributed by atoms with Gasteiger partial charge >= 0.3 is 0 Å². The minimum atomic E-state index is -0.531. The lowest BCUT2D eigenvalue weighted by molar-refractivity contribution is 0.387. The Kier molecular flexibility index (Phi) is 4.05. The van der Waals surface area contributed by atoms with Gasteiger partial charge in [0.05, 0.1) is 12.5 Å². The summed E-state index contributed by atoms with van der Waals surface area (Å²) >= 11 is 0. The monoisotopic (exact) mass is 223 g/mol. The zero-order valence-electron chi connectivity index (χ0n) is 9.50. The van der Waals surface area contributed by atoms with Crippen LogP contribution in [0.4, 0.5) is 4.39 Å². The minimum absolute atomic E-state index is 0.142. The summed E-state index contributed by atoms with van der Waals surface area (Å²) in [4.78, 5) is 13.7. The number of nitrogens with one attached hydrogen (secondary N) is 1. The maximum Gasteiger partial charge on any atom is 0.255 e. The fraction of sp³-hybridized carbons (Fsp3) is 0.250. The van der Waals surface area contributed by atoms with E-state index in [-0.39, 0.29) is 11.3 Å². The second-order valence-corrected chi connectivity index (χ2v) is 2.88. The first kappa shape index (κ1) is 12.2. The van der Waals surface area contributed by atoms with E-state index in [4.69, 9.17) is 4.74 Å². The Morgan fingerprint density at radius 2 is 2.00 bits per heavy atom. The molecule has 1 aromatic carbocycles. The number of aromatic nitrogens is 1. The van der Waals surface area contributed by atoms with Gasteiger partial charge in [-0.05, 0) is 23.6 Å². The summed E-state index contributed by atoms with van der Waals surface area (Å²) in [7, 11) is 1.39. The van der Waals surface area contributed by atoms with Crippen LogP contribution < -0.4 is 10.3 Å². The van der Waals surface area contributed by atoms with E-state index in [2.05, 4.69) is 4.98 Å². The Balaban J connectivity index is 0.000000606. The topological polar surface area (TPSA) is 42.1 Å². The Labute approximate surface area is 92.9 Å². The molecule has 0 spiro atoms. The molecule has 1 heterocycles. The Morgan fingerprint density at radius 3 is 2.62 bits per heavy atom. The lowest BCUT2D eigenvalue weighted by atomic mass is 10.1. The van der Waals surface area contributed by atoms with Crippen LogP contribution in [0.1, 0.15) is 13.8 Å². The number of halogens is 1. The highest BCUT2D eigenvalue weighted by molar-refractivity contribution is 5.82. The average Bonchev–Trinajstić information content (AvgIpc) is 2.32. The van der Waals surface area contributed by atoms with E-state index in [0.717, 1.165) is 0 Å². The summed E-state index contributed by atoms with van der Waals surface area (Å²) in [5, 5.41) is 0.984. The maximum atomic E-state index is 13.2. The molecule has 2 aromatic rings. The van der Waals surface area contributed by atoms with E-state index in [0.29, 0.717) is 10.8 Å². The van der Waals surface area contributed by atoms with Gasteiger partial charge in [-0.2, -0.15) is 0 Å². The van der Waals surface area contributed by atoms with Crippen molar-refractivity contribution in [3.05, 3.63) is 40.6 Å². The number of ether oxygens (including phenoxy) is 1. The van der Waals surface area contributed by atoms with Crippen LogP contribution >= 0.6 is 0 Å². The molecule has 0 bridgehead atoms. The van der Waals surface area contributed by atoms with E-state index in [1.807, 2.05) is 13.8 Å². The third-order valence-corrected chi connectivity index (χ3v) is 2.05. The van der Waals surface area contributed by atoms with Crippen molar-refractivity contribution in [1.82, 2.24) is 4.98 Å². The van der Waals surface area contributed by atoms with Gasteiger partial charge in [0.2, 0.25) is 0 Å². The van der Waals surface area contributed by atoms with Gasteiger partial charge in [0, 0.05) is 6.20 Å². The predicted molar refractivity (Wildman–Crippen MR) is 62.4 cm³/mol. The molecule has 0 unspecified atom stereocenters. The van der Waals surface area contributed by atoms with Crippen molar-refractivity contribution in [2.24, 2.45) is 0 Å². The van der Waals surface area contributed by atoms with E-state index >= 15 is 0 Å². The molecule has 1 N–H and O–H groups in total. The highest BCUT2D eigenvalue weighted by atomic mass is 19.1. The van der Waals surface area contributed by atoms with Crippen LogP contribution in [0.3, 0.4) is 0 Å². The molecule has 0 radical (unpaired) electrons. The summed E-state index contributed by atoms with van der Waals surface area (Å²) in [6.07, 6.45) is 1.52. The van der Waals surface area contributed by atoms with Crippen molar-refractivity contribution in [1.29, 1.82) is 0 Å². The number of hydrogen-bond acceptors (Lipinski definition) is 2. The van der Waals surface area contributed by atoms with E-state index < -0.39 is 5.82 Å². The fourth-order valence-corrected chi connectivity index (χ4v) is 1.34. The van der Waals surface area contributed by atoms with Crippen molar-refractivity contribution in [2.75, 3.05) is 7.11 Å². The second-order valence-electron chi connectivity index (χ2n) is 2.88. The molecule has 0 aliphatic carbocycles. The van der Waals surface area contributed by atoms with Gasteiger partial charge in [-0.3, -0.25) is 4.79 Å². The lowest BCUT2D eigenvalue weighted by Gasteiger charge is -2.02. The molecule has 0 fully saturated rings. The first-order chi connectivity index (χ1) is 7.72. The standard InChI is InChI=1S/C10H8FNO2.C2H6/c1-14-9-4-6-2-3-12-10(13)7(6)5-8(9)11;1-2/h2-5H,1H3,(H,12,13);1-2H3. The quantitative estimate of drug-likeness (QED) is 0.807. The molecule has 16 heavy (non-hydrogen) atoms. The van der Waals surface area contributed by atoms with Crippen LogP contribution in [0.25, 0.3) is 10.8 Å². The molecule has 0 atom stereocenters. The third-order valence-electron chi connectivity index (χ3n) is 2.05. The van der Waals surface area contributed by atoms with Gasteiger partial charge in [0.25, 0.3) is 5.56 Å². The van der Waals surface area contributed by atoms with Gasteiger partial charge in [-0.15, -0.1) is 0 Å². The number of H-pyrrole nitrogens is 1. The highest BCUT2D eigenvalue weighted by Gasteiger charge is 2.06. The predicted octanol–water partition coefficient (Wildman–Crippen LogP) is 2.70. The maximum absolute atomic E-state index is 13.2. The zero-order chi connectivity index (χ0) is 12.1. The minimum Gasteiger partial charge on any atom is -0.494 e. The Hall–Kier alpha value is -1.84. The summed E-state index contributed by atoms with van der Waals surface area (Å²) in [5.41, 5.74) is -0.302. The Bertz CT molecular complexity index is 534. The smallest absolute Gasteiger partial charge is 0.255 e. The summed E-state index contributed by atoms with van der Waals surface area (Å²) in [5.74, 6) is -0.389. The van der Waals surface area contributed by atoms with Gasteiger partial charge in [-0.25, -0.2) is 4.39 Å². The van der Waals surface area contributed by atoms with Crippen molar-refractivity contribution in [2.45, 2.75) is 13.8 Å². The highest BCUT2D eigenvalue weighted by Crippen LogP contribution is 2.21. The fourth-order valence-electron chi connectivity index (χ4n) is 1.34. The second kappa shape index (κ2) is 5.30. The largest absolute Gasteiger partial charge is 0.494 e. The van der Waals surface area contributed by atoms with Crippen LogP contribution in [-0.2, 0) is 0 Å². The normalized spacial score (nSPS) is 9.50. The third kappa shape index (κ3) is 2.21. The lowest BCUT2D eigenvalue weighted by Crippen LogP contribution is -2.05. The molecule has 86 valence electrons. The molecule has 0 saturated carbocycles. The van der Waals surface area contributed by atoms with Crippen molar-refractivity contribution in [3.63, 3.8) is 0 Å². The molecule has 0 amide bonds. The van der Waals surface area contributed by atoms with Gasteiger partial charge in [0.15, 0.2) is 11.6 Å².